The van der Waals surface area contributed by atoms with Crippen molar-refractivity contribution in [1.82, 2.24) is 13.9 Å². The third-order valence-corrected chi connectivity index (χ3v) is 6.52. The molecular weight excluding hydrogens is 282 g/mol. The van der Waals surface area contributed by atoms with Gasteiger partial charge in [-0.25, -0.2) is 0 Å². The van der Waals surface area contributed by atoms with Crippen molar-refractivity contribution >= 4 is 22.0 Å². The predicted octanol–water partition coefficient (Wildman–Crippen LogP) is 0.988. The molecule has 1 rings (SSSR count). The van der Waals surface area contributed by atoms with Gasteiger partial charge in [0.1, 0.15) is 0 Å². The minimum absolute atomic E-state index is 0.159. The van der Waals surface area contributed by atoms with Crippen LogP contribution in [-0.4, -0.2) is 67.8 Å². The van der Waals surface area contributed by atoms with E-state index >= 15 is 0 Å². The molecule has 1 heterocycles. The Morgan fingerprint density at radius 2 is 2.05 bits per heavy atom. The van der Waals surface area contributed by atoms with Gasteiger partial charge in [-0.05, 0) is 25.1 Å². The highest BCUT2D eigenvalue weighted by Crippen LogP contribution is 2.24. The second-order valence-corrected chi connectivity index (χ2v) is 8.57. The molecule has 0 radical (unpaired) electrons. The van der Waals surface area contributed by atoms with Gasteiger partial charge in [-0.2, -0.15) is 28.8 Å². The summed E-state index contributed by atoms with van der Waals surface area (Å²) in [5.41, 5.74) is 0. The first-order valence-electron chi connectivity index (χ1n) is 6.86. The first-order chi connectivity index (χ1) is 8.85. The van der Waals surface area contributed by atoms with Crippen molar-refractivity contribution in [3.63, 3.8) is 0 Å². The van der Waals surface area contributed by atoms with Crippen LogP contribution in [0.4, 0.5) is 0 Å². The van der Waals surface area contributed by atoms with Crippen LogP contribution in [0.1, 0.15) is 26.7 Å². The summed E-state index contributed by atoms with van der Waals surface area (Å²) >= 11 is 1.83. The summed E-state index contributed by atoms with van der Waals surface area (Å²) in [7, 11) is 0.0755. The molecule has 0 saturated carbocycles. The van der Waals surface area contributed by atoms with Crippen molar-refractivity contribution < 1.29 is 8.42 Å². The molecule has 1 aliphatic heterocycles. The molecule has 1 saturated heterocycles. The van der Waals surface area contributed by atoms with Gasteiger partial charge in [0, 0.05) is 38.5 Å². The van der Waals surface area contributed by atoms with Crippen molar-refractivity contribution in [2.45, 2.75) is 38.8 Å². The Morgan fingerprint density at radius 1 is 1.37 bits per heavy atom. The van der Waals surface area contributed by atoms with E-state index < -0.39 is 10.2 Å². The maximum atomic E-state index is 12.4. The van der Waals surface area contributed by atoms with E-state index in [9.17, 15) is 8.42 Å². The van der Waals surface area contributed by atoms with E-state index in [0.717, 1.165) is 30.9 Å². The topological polar surface area (TPSA) is 52.7 Å². The summed E-state index contributed by atoms with van der Waals surface area (Å²) < 4.78 is 27.8. The Labute approximate surface area is 122 Å². The highest BCUT2D eigenvalue weighted by molar-refractivity contribution is 7.99. The van der Waals surface area contributed by atoms with Crippen LogP contribution in [0, 0.1) is 0 Å². The Kier molecular flexibility index (Phi) is 7.10. The molecule has 0 aliphatic carbocycles. The lowest BCUT2D eigenvalue weighted by molar-refractivity contribution is 0.345. The number of nitrogens with zero attached hydrogens (tertiary/aromatic N) is 2. The Morgan fingerprint density at radius 3 is 2.58 bits per heavy atom. The number of nitrogens with one attached hydrogen (secondary N) is 1. The molecule has 0 amide bonds. The zero-order valence-electron chi connectivity index (χ0n) is 12.4. The molecule has 7 heteroatoms. The van der Waals surface area contributed by atoms with E-state index in [1.165, 1.54) is 4.31 Å². The van der Waals surface area contributed by atoms with Crippen LogP contribution in [0.3, 0.4) is 0 Å². The van der Waals surface area contributed by atoms with E-state index in [1.54, 1.807) is 18.4 Å². The lowest BCUT2D eigenvalue weighted by Crippen LogP contribution is -2.45. The largest absolute Gasteiger partial charge is 0.314 e. The van der Waals surface area contributed by atoms with Crippen LogP contribution in [0.5, 0.6) is 0 Å². The summed E-state index contributed by atoms with van der Waals surface area (Å²) in [4.78, 5) is 0. The molecule has 19 heavy (non-hydrogen) atoms. The third-order valence-electron chi connectivity index (χ3n) is 3.38. The normalized spacial score (nSPS) is 20.9. The smallest absolute Gasteiger partial charge is 0.281 e. The van der Waals surface area contributed by atoms with Gasteiger partial charge >= 0.3 is 0 Å². The van der Waals surface area contributed by atoms with Gasteiger partial charge in [-0.15, -0.1) is 0 Å². The standard InChI is InChI=1S/C12H27N3O2S2/c1-11(2)13-7-5-8-14(3)19(16,17)15(4)12-6-9-18-10-12/h11-13H,5-10H2,1-4H3. The van der Waals surface area contributed by atoms with Gasteiger partial charge in [-0.3, -0.25) is 0 Å². The molecule has 0 aromatic rings. The quantitative estimate of drug-likeness (QED) is 0.679. The van der Waals surface area contributed by atoms with Crippen molar-refractivity contribution in [2.24, 2.45) is 0 Å². The van der Waals surface area contributed by atoms with Gasteiger partial charge in [0.05, 0.1) is 0 Å². The molecule has 0 spiro atoms. The minimum atomic E-state index is -3.30. The van der Waals surface area contributed by atoms with Crippen LogP contribution in [0.2, 0.25) is 0 Å². The molecule has 1 unspecified atom stereocenters. The fourth-order valence-electron chi connectivity index (χ4n) is 2.02. The average Bonchev–Trinajstić information content (AvgIpc) is 2.86. The zero-order valence-corrected chi connectivity index (χ0v) is 14.1. The van der Waals surface area contributed by atoms with Crippen molar-refractivity contribution in [3.05, 3.63) is 0 Å². The predicted molar refractivity (Wildman–Crippen MR) is 82.8 cm³/mol. The lowest BCUT2D eigenvalue weighted by atomic mass is 10.3. The molecule has 1 aliphatic rings. The molecule has 0 bridgehead atoms. The fraction of sp³-hybridized carbons (Fsp3) is 1.00. The summed E-state index contributed by atoms with van der Waals surface area (Å²) in [5, 5.41) is 3.30. The lowest BCUT2D eigenvalue weighted by Gasteiger charge is -2.28. The molecule has 1 N–H and O–H groups in total. The average molecular weight is 310 g/mol. The number of thioether (sulfide) groups is 1. The van der Waals surface area contributed by atoms with Crippen molar-refractivity contribution in [2.75, 3.05) is 38.7 Å². The molecular formula is C12H27N3O2S2. The second kappa shape index (κ2) is 7.83. The Bertz CT molecular complexity index is 354. The Balaban J connectivity index is 2.42. The second-order valence-electron chi connectivity index (χ2n) is 5.33. The van der Waals surface area contributed by atoms with Gasteiger partial charge in [0.15, 0.2) is 0 Å². The summed E-state index contributed by atoms with van der Waals surface area (Å²) in [6, 6.07) is 0.603. The van der Waals surface area contributed by atoms with Crippen LogP contribution in [0.15, 0.2) is 0 Å². The Hall–Kier alpha value is 0.180. The minimum Gasteiger partial charge on any atom is -0.314 e. The number of rotatable bonds is 8. The summed E-state index contributed by atoms with van der Waals surface area (Å²) in [5.74, 6) is 1.98. The third kappa shape index (κ3) is 5.23. The fourth-order valence-corrected chi connectivity index (χ4v) is 4.74. The first-order valence-corrected chi connectivity index (χ1v) is 9.41. The van der Waals surface area contributed by atoms with E-state index in [2.05, 4.69) is 19.2 Å². The monoisotopic (exact) mass is 309 g/mol. The number of hydrogen-bond donors (Lipinski definition) is 1. The van der Waals surface area contributed by atoms with E-state index in [1.807, 2.05) is 11.8 Å². The molecule has 0 aromatic heterocycles. The van der Waals surface area contributed by atoms with Gasteiger partial charge in [0.2, 0.25) is 0 Å². The van der Waals surface area contributed by atoms with Gasteiger partial charge < -0.3 is 5.32 Å². The molecule has 5 nitrogen and oxygen atoms in total. The maximum Gasteiger partial charge on any atom is 0.281 e. The van der Waals surface area contributed by atoms with Crippen molar-refractivity contribution in [1.29, 1.82) is 0 Å². The summed E-state index contributed by atoms with van der Waals surface area (Å²) in [6.07, 6.45) is 1.80. The van der Waals surface area contributed by atoms with Crippen LogP contribution in [0.25, 0.3) is 0 Å². The summed E-state index contributed by atoms with van der Waals surface area (Å²) in [6.45, 7) is 5.59. The zero-order chi connectivity index (χ0) is 14.5. The number of hydrogen-bond acceptors (Lipinski definition) is 4. The van der Waals surface area contributed by atoms with E-state index in [4.69, 9.17) is 0 Å². The van der Waals surface area contributed by atoms with Crippen LogP contribution in [-0.2, 0) is 10.2 Å². The van der Waals surface area contributed by atoms with Gasteiger partial charge in [-0.1, -0.05) is 13.8 Å². The van der Waals surface area contributed by atoms with Crippen LogP contribution >= 0.6 is 11.8 Å². The van der Waals surface area contributed by atoms with E-state index in [-0.39, 0.29) is 6.04 Å². The molecule has 1 fully saturated rings. The molecule has 1 atom stereocenters. The highest BCUT2D eigenvalue weighted by Gasteiger charge is 2.31. The van der Waals surface area contributed by atoms with Crippen LogP contribution < -0.4 is 5.32 Å². The maximum absolute atomic E-state index is 12.4. The molecule has 114 valence electrons. The van der Waals surface area contributed by atoms with Gasteiger partial charge in [0.25, 0.3) is 10.2 Å². The first kappa shape index (κ1) is 17.2. The SMILES string of the molecule is CC(C)NCCCN(C)S(=O)(=O)N(C)C1CCSC1. The van der Waals surface area contributed by atoms with E-state index in [0.29, 0.717) is 12.6 Å². The highest BCUT2D eigenvalue weighted by atomic mass is 32.2. The van der Waals surface area contributed by atoms with Crippen molar-refractivity contribution in [3.8, 4) is 0 Å². The molecule has 0 aromatic carbocycles.